The number of hydrogen-bond donors (Lipinski definition) is 0. The third-order valence-corrected chi connectivity index (χ3v) is 10.1. The summed E-state index contributed by atoms with van der Waals surface area (Å²) < 4.78 is 0. The Labute approximate surface area is 290 Å². The lowest BCUT2D eigenvalue weighted by Gasteiger charge is -2.19. The molecule has 232 valence electrons. The first-order chi connectivity index (χ1) is 24.8. The van der Waals surface area contributed by atoms with Crippen LogP contribution in [0.1, 0.15) is 0 Å². The molecule has 0 spiro atoms. The summed E-state index contributed by atoms with van der Waals surface area (Å²) in [6.45, 7) is 0. The van der Waals surface area contributed by atoms with Gasteiger partial charge >= 0.3 is 0 Å². The van der Waals surface area contributed by atoms with Gasteiger partial charge in [0, 0.05) is 21.9 Å². The molecule has 10 rings (SSSR count). The lowest BCUT2D eigenvalue weighted by molar-refractivity contribution is 1.37. The molecule has 2 heteroatoms. The molecule has 0 N–H and O–H groups in total. The van der Waals surface area contributed by atoms with Crippen LogP contribution in [0.2, 0.25) is 0 Å². The van der Waals surface area contributed by atoms with E-state index in [0.717, 1.165) is 44.3 Å². The number of benzene rings is 8. The number of hydrogen-bond acceptors (Lipinski definition) is 2. The van der Waals surface area contributed by atoms with E-state index in [1.54, 1.807) is 0 Å². The van der Waals surface area contributed by atoms with E-state index in [-0.39, 0.29) is 0 Å². The molecule has 0 saturated carbocycles. The van der Waals surface area contributed by atoms with Crippen molar-refractivity contribution in [1.82, 2.24) is 9.97 Å². The Balaban J connectivity index is 1.25. The van der Waals surface area contributed by atoms with Gasteiger partial charge in [0.15, 0.2) is 0 Å². The molecule has 10 aromatic rings. The molecule has 50 heavy (non-hydrogen) atoms. The molecular formula is C48H30N2. The van der Waals surface area contributed by atoms with Crippen LogP contribution in [-0.4, -0.2) is 9.97 Å². The van der Waals surface area contributed by atoms with E-state index in [0.29, 0.717) is 0 Å². The SMILES string of the molecule is c1ccc(-c2ccc3ccc4ccc(-c5c6ccccc6c(-c6ccc(-c7ccccc7)c7ccccc67)c6ccccc56)nc4c3n2)cc1. The van der Waals surface area contributed by atoms with Gasteiger partial charge in [-0.1, -0.05) is 170 Å². The largest absolute Gasteiger partial charge is 0.245 e. The van der Waals surface area contributed by atoms with E-state index in [9.17, 15) is 0 Å². The summed E-state index contributed by atoms with van der Waals surface area (Å²) in [5.41, 5.74) is 10.9. The van der Waals surface area contributed by atoms with Crippen molar-refractivity contribution in [2.24, 2.45) is 0 Å². The first kappa shape index (κ1) is 28.4. The minimum atomic E-state index is 0.914. The number of fused-ring (bicyclic) bond motifs is 6. The maximum atomic E-state index is 5.44. The maximum absolute atomic E-state index is 5.44. The van der Waals surface area contributed by atoms with Gasteiger partial charge in [-0.2, -0.15) is 0 Å². The molecule has 0 aliphatic rings. The first-order valence-corrected chi connectivity index (χ1v) is 17.1. The minimum absolute atomic E-state index is 0.914. The maximum Gasteiger partial charge on any atom is 0.0972 e. The molecule has 0 aliphatic carbocycles. The number of aromatic nitrogens is 2. The van der Waals surface area contributed by atoms with Crippen molar-refractivity contribution in [2.75, 3.05) is 0 Å². The van der Waals surface area contributed by atoms with Crippen molar-refractivity contribution in [1.29, 1.82) is 0 Å². The average Bonchev–Trinajstić information content (AvgIpc) is 3.20. The van der Waals surface area contributed by atoms with Crippen molar-refractivity contribution in [2.45, 2.75) is 0 Å². The summed E-state index contributed by atoms with van der Waals surface area (Å²) >= 11 is 0. The van der Waals surface area contributed by atoms with Crippen molar-refractivity contribution >= 4 is 54.1 Å². The van der Waals surface area contributed by atoms with Crippen LogP contribution in [0.5, 0.6) is 0 Å². The molecule has 0 aliphatic heterocycles. The van der Waals surface area contributed by atoms with Gasteiger partial charge in [-0.05, 0) is 66.7 Å². The van der Waals surface area contributed by atoms with Gasteiger partial charge in [-0.3, -0.25) is 0 Å². The monoisotopic (exact) mass is 634 g/mol. The van der Waals surface area contributed by atoms with Crippen LogP contribution in [-0.2, 0) is 0 Å². The quantitative estimate of drug-likeness (QED) is 0.142. The second kappa shape index (κ2) is 11.5. The first-order valence-electron chi connectivity index (χ1n) is 17.1. The van der Waals surface area contributed by atoms with Gasteiger partial charge in [0.05, 0.1) is 22.4 Å². The molecule has 2 nitrogen and oxygen atoms in total. The Kier molecular flexibility index (Phi) is 6.53. The van der Waals surface area contributed by atoms with Gasteiger partial charge in [-0.15, -0.1) is 0 Å². The van der Waals surface area contributed by atoms with E-state index in [1.807, 2.05) is 6.07 Å². The van der Waals surface area contributed by atoms with E-state index in [4.69, 9.17) is 9.97 Å². The van der Waals surface area contributed by atoms with Crippen LogP contribution in [0.15, 0.2) is 182 Å². The molecule has 0 bridgehead atoms. The zero-order chi connectivity index (χ0) is 33.0. The predicted octanol–water partition coefficient (Wildman–Crippen LogP) is 12.9. The van der Waals surface area contributed by atoms with Crippen LogP contribution >= 0.6 is 0 Å². The fourth-order valence-corrected chi connectivity index (χ4v) is 7.76. The lowest BCUT2D eigenvalue weighted by atomic mass is 9.84. The van der Waals surface area contributed by atoms with Gasteiger partial charge in [0.1, 0.15) is 0 Å². The van der Waals surface area contributed by atoms with Crippen LogP contribution in [0.4, 0.5) is 0 Å². The molecule has 0 atom stereocenters. The van der Waals surface area contributed by atoms with E-state index >= 15 is 0 Å². The average molecular weight is 635 g/mol. The summed E-state index contributed by atoms with van der Waals surface area (Å²) in [6.07, 6.45) is 0. The fraction of sp³-hybridized carbons (Fsp3) is 0. The molecule has 2 aromatic heterocycles. The summed E-state index contributed by atoms with van der Waals surface area (Å²) in [6, 6.07) is 65.0. The van der Waals surface area contributed by atoms with Crippen molar-refractivity contribution < 1.29 is 0 Å². The van der Waals surface area contributed by atoms with Gasteiger partial charge < -0.3 is 0 Å². The normalized spacial score (nSPS) is 11.6. The molecule has 2 heterocycles. The number of rotatable bonds is 4. The lowest BCUT2D eigenvalue weighted by Crippen LogP contribution is -1.95. The highest BCUT2D eigenvalue weighted by molar-refractivity contribution is 6.24. The van der Waals surface area contributed by atoms with E-state index < -0.39 is 0 Å². The molecular weight excluding hydrogens is 605 g/mol. The summed E-state index contributed by atoms with van der Waals surface area (Å²) in [4.78, 5) is 10.6. The van der Waals surface area contributed by atoms with Crippen LogP contribution < -0.4 is 0 Å². The summed E-state index contributed by atoms with van der Waals surface area (Å²) in [5.74, 6) is 0. The summed E-state index contributed by atoms with van der Waals surface area (Å²) in [5, 5.41) is 9.44. The van der Waals surface area contributed by atoms with Gasteiger partial charge in [0.2, 0.25) is 0 Å². The molecule has 0 saturated heterocycles. The zero-order valence-electron chi connectivity index (χ0n) is 27.2. The molecule has 0 amide bonds. The third kappa shape index (κ3) is 4.50. The second-order valence-electron chi connectivity index (χ2n) is 12.9. The second-order valence-corrected chi connectivity index (χ2v) is 12.9. The Morgan fingerprint density at radius 1 is 0.260 bits per heavy atom. The minimum Gasteiger partial charge on any atom is -0.245 e. The number of nitrogens with zero attached hydrogens (tertiary/aromatic N) is 2. The van der Waals surface area contributed by atoms with Crippen LogP contribution in [0, 0.1) is 0 Å². The Morgan fingerprint density at radius 3 is 1.24 bits per heavy atom. The topological polar surface area (TPSA) is 25.8 Å². The van der Waals surface area contributed by atoms with E-state index in [1.165, 1.54) is 54.6 Å². The Hall–Kier alpha value is -6.64. The predicted molar refractivity (Wildman–Crippen MR) is 211 cm³/mol. The molecule has 0 unspecified atom stereocenters. The van der Waals surface area contributed by atoms with Gasteiger partial charge in [-0.25, -0.2) is 9.97 Å². The highest BCUT2D eigenvalue weighted by atomic mass is 14.8. The Morgan fingerprint density at radius 2 is 0.660 bits per heavy atom. The van der Waals surface area contributed by atoms with Crippen molar-refractivity contribution in [3.05, 3.63) is 182 Å². The summed E-state index contributed by atoms with van der Waals surface area (Å²) in [7, 11) is 0. The van der Waals surface area contributed by atoms with Crippen LogP contribution in [0.25, 0.3) is 98.9 Å². The highest BCUT2D eigenvalue weighted by Gasteiger charge is 2.20. The highest BCUT2D eigenvalue weighted by Crippen LogP contribution is 2.46. The van der Waals surface area contributed by atoms with Crippen molar-refractivity contribution in [3.8, 4) is 44.8 Å². The molecule has 0 fully saturated rings. The van der Waals surface area contributed by atoms with E-state index in [2.05, 4.69) is 176 Å². The van der Waals surface area contributed by atoms with Crippen molar-refractivity contribution in [3.63, 3.8) is 0 Å². The smallest absolute Gasteiger partial charge is 0.0972 e. The fourth-order valence-electron chi connectivity index (χ4n) is 7.76. The third-order valence-electron chi connectivity index (χ3n) is 10.1. The molecule has 0 radical (unpaired) electrons. The zero-order valence-corrected chi connectivity index (χ0v) is 27.2. The molecule has 8 aromatic carbocycles. The Bertz CT molecular complexity index is 2850. The standard InChI is InChI=1S/C48H30N2/c1-3-13-31(14-4-1)35-27-28-42(37-18-8-7-17-36(35)37)45-38-19-9-11-21-40(38)46(41-22-12-10-20-39(41)45)44-30-26-34-24-23-33-25-29-43(32-15-5-2-6-16-32)49-47(33)48(34)50-44/h1-30H. The van der Waals surface area contributed by atoms with Crippen LogP contribution in [0.3, 0.4) is 0 Å². The number of pyridine rings is 2. The van der Waals surface area contributed by atoms with Gasteiger partial charge in [0.25, 0.3) is 0 Å².